The molecule has 0 radical (unpaired) electrons. The lowest BCUT2D eigenvalue weighted by atomic mass is 9.84. The van der Waals surface area contributed by atoms with E-state index in [9.17, 15) is 0 Å². The maximum absolute atomic E-state index is 3.68. The second kappa shape index (κ2) is 6.38. The summed E-state index contributed by atoms with van der Waals surface area (Å²) in [5.41, 5.74) is 0.551. The van der Waals surface area contributed by atoms with Crippen LogP contribution < -0.4 is 5.32 Å². The van der Waals surface area contributed by atoms with Gasteiger partial charge < -0.3 is 10.2 Å². The fourth-order valence-electron chi connectivity index (χ4n) is 4.00. The van der Waals surface area contributed by atoms with Crippen molar-refractivity contribution in [1.29, 1.82) is 0 Å². The van der Waals surface area contributed by atoms with E-state index in [1.807, 2.05) is 0 Å². The molecule has 2 heteroatoms. The standard InChI is InChI=1S/C16H32N2/c1-4-17-15-8-5-7-14(15)9-12-18-11-6-10-16(2,3)13-18/h14-15,17H,4-13H2,1-3H3. The highest BCUT2D eigenvalue weighted by Crippen LogP contribution is 2.31. The van der Waals surface area contributed by atoms with E-state index in [0.29, 0.717) is 5.41 Å². The second-order valence-corrected chi connectivity index (χ2v) is 7.19. The van der Waals surface area contributed by atoms with Gasteiger partial charge in [-0.15, -0.1) is 0 Å². The lowest BCUT2D eigenvalue weighted by Gasteiger charge is -2.38. The van der Waals surface area contributed by atoms with E-state index in [0.717, 1.165) is 18.5 Å². The first-order chi connectivity index (χ1) is 8.61. The second-order valence-electron chi connectivity index (χ2n) is 7.19. The van der Waals surface area contributed by atoms with Crippen LogP contribution in [0.1, 0.15) is 59.3 Å². The molecule has 2 fully saturated rings. The Morgan fingerprint density at radius 1 is 1.22 bits per heavy atom. The molecular weight excluding hydrogens is 220 g/mol. The topological polar surface area (TPSA) is 15.3 Å². The van der Waals surface area contributed by atoms with Crippen LogP contribution in [0.3, 0.4) is 0 Å². The minimum Gasteiger partial charge on any atom is -0.314 e. The Kier molecular flexibility index (Phi) is 5.08. The van der Waals surface area contributed by atoms with Crippen molar-refractivity contribution in [3.05, 3.63) is 0 Å². The molecule has 1 saturated carbocycles. The van der Waals surface area contributed by atoms with E-state index in [1.54, 1.807) is 0 Å². The summed E-state index contributed by atoms with van der Waals surface area (Å²) in [5, 5.41) is 3.68. The summed E-state index contributed by atoms with van der Waals surface area (Å²) in [7, 11) is 0. The molecule has 0 bridgehead atoms. The molecule has 0 spiro atoms. The molecule has 1 aliphatic heterocycles. The number of hydrogen-bond donors (Lipinski definition) is 1. The maximum atomic E-state index is 3.68. The average Bonchev–Trinajstić information content (AvgIpc) is 2.73. The van der Waals surface area contributed by atoms with Crippen LogP contribution >= 0.6 is 0 Å². The molecule has 2 unspecified atom stereocenters. The summed E-state index contributed by atoms with van der Waals surface area (Å²) in [6, 6.07) is 0.813. The maximum Gasteiger partial charge on any atom is 0.00956 e. The first-order valence-electron chi connectivity index (χ1n) is 8.06. The van der Waals surface area contributed by atoms with Crippen molar-refractivity contribution in [2.45, 2.75) is 65.3 Å². The third kappa shape index (κ3) is 3.96. The molecule has 1 aliphatic carbocycles. The Bertz CT molecular complexity index is 249. The van der Waals surface area contributed by atoms with Gasteiger partial charge in [0.05, 0.1) is 0 Å². The molecule has 0 aromatic heterocycles. The zero-order valence-electron chi connectivity index (χ0n) is 12.7. The van der Waals surface area contributed by atoms with Crippen LogP contribution in [0.15, 0.2) is 0 Å². The summed E-state index contributed by atoms with van der Waals surface area (Å²) in [5.74, 6) is 0.940. The molecule has 0 aromatic carbocycles. The smallest absolute Gasteiger partial charge is 0.00956 e. The van der Waals surface area contributed by atoms with Gasteiger partial charge in [-0.25, -0.2) is 0 Å². The van der Waals surface area contributed by atoms with Crippen molar-refractivity contribution in [3.63, 3.8) is 0 Å². The lowest BCUT2D eigenvalue weighted by Crippen LogP contribution is -2.42. The molecule has 106 valence electrons. The lowest BCUT2D eigenvalue weighted by molar-refractivity contribution is 0.110. The van der Waals surface area contributed by atoms with Gasteiger partial charge >= 0.3 is 0 Å². The van der Waals surface area contributed by atoms with Gasteiger partial charge in [0.15, 0.2) is 0 Å². The van der Waals surface area contributed by atoms with E-state index in [2.05, 4.69) is 31.0 Å². The molecule has 1 saturated heterocycles. The Morgan fingerprint density at radius 3 is 2.78 bits per heavy atom. The van der Waals surface area contributed by atoms with Crippen molar-refractivity contribution in [1.82, 2.24) is 10.2 Å². The molecule has 0 aromatic rings. The molecule has 18 heavy (non-hydrogen) atoms. The van der Waals surface area contributed by atoms with Crippen molar-refractivity contribution in [2.24, 2.45) is 11.3 Å². The van der Waals surface area contributed by atoms with E-state index >= 15 is 0 Å². The summed E-state index contributed by atoms with van der Waals surface area (Å²) in [6.07, 6.45) is 8.52. The van der Waals surface area contributed by atoms with Gasteiger partial charge in [0.2, 0.25) is 0 Å². The highest BCUT2D eigenvalue weighted by Gasteiger charge is 2.29. The van der Waals surface area contributed by atoms with Crippen LogP contribution in [0.2, 0.25) is 0 Å². The number of rotatable bonds is 5. The number of piperidine rings is 1. The predicted octanol–water partition coefficient (Wildman–Crippen LogP) is 3.28. The largest absolute Gasteiger partial charge is 0.314 e. The van der Waals surface area contributed by atoms with Gasteiger partial charge in [-0.05, 0) is 63.1 Å². The van der Waals surface area contributed by atoms with Crippen molar-refractivity contribution in [3.8, 4) is 0 Å². The monoisotopic (exact) mass is 252 g/mol. The third-order valence-corrected chi connectivity index (χ3v) is 4.92. The molecular formula is C16H32N2. The quantitative estimate of drug-likeness (QED) is 0.808. The van der Waals surface area contributed by atoms with Crippen LogP contribution in [0.4, 0.5) is 0 Å². The fourth-order valence-corrected chi connectivity index (χ4v) is 4.00. The highest BCUT2D eigenvalue weighted by molar-refractivity contribution is 4.85. The fraction of sp³-hybridized carbons (Fsp3) is 1.00. The van der Waals surface area contributed by atoms with Crippen LogP contribution in [0.25, 0.3) is 0 Å². The van der Waals surface area contributed by atoms with Gasteiger partial charge in [0.25, 0.3) is 0 Å². The van der Waals surface area contributed by atoms with Gasteiger partial charge in [0, 0.05) is 12.6 Å². The summed E-state index contributed by atoms with van der Waals surface area (Å²) < 4.78 is 0. The zero-order chi connectivity index (χ0) is 13.0. The van der Waals surface area contributed by atoms with Crippen LogP contribution in [-0.4, -0.2) is 37.1 Å². The van der Waals surface area contributed by atoms with Crippen molar-refractivity contribution < 1.29 is 0 Å². The SMILES string of the molecule is CCNC1CCCC1CCN1CCCC(C)(C)C1. The van der Waals surface area contributed by atoms with Crippen LogP contribution in [-0.2, 0) is 0 Å². The van der Waals surface area contributed by atoms with E-state index in [4.69, 9.17) is 0 Å². The molecule has 2 rings (SSSR count). The van der Waals surface area contributed by atoms with Crippen molar-refractivity contribution in [2.75, 3.05) is 26.2 Å². The molecule has 2 atom stereocenters. The molecule has 2 aliphatic rings. The van der Waals surface area contributed by atoms with Crippen LogP contribution in [0.5, 0.6) is 0 Å². The Morgan fingerprint density at radius 2 is 2.06 bits per heavy atom. The normalized spacial score (nSPS) is 32.8. The summed E-state index contributed by atoms with van der Waals surface area (Å²) in [4.78, 5) is 2.71. The number of hydrogen-bond acceptors (Lipinski definition) is 2. The van der Waals surface area contributed by atoms with E-state index in [1.165, 1.54) is 58.2 Å². The average molecular weight is 252 g/mol. The number of likely N-dealkylation sites (tertiary alicyclic amines) is 1. The molecule has 0 amide bonds. The first kappa shape index (κ1) is 14.3. The number of nitrogens with zero attached hydrogens (tertiary/aromatic N) is 1. The molecule has 1 N–H and O–H groups in total. The Labute approximate surface area is 114 Å². The third-order valence-electron chi connectivity index (χ3n) is 4.92. The van der Waals surface area contributed by atoms with Crippen molar-refractivity contribution >= 4 is 0 Å². The minimum absolute atomic E-state index is 0.551. The van der Waals surface area contributed by atoms with Gasteiger partial charge in [0.1, 0.15) is 0 Å². The van der Waals surface area contributed by atoms with Crippen LogP contribution in [0, 0.1) is 11.3 Å². The zero-order valence-corrected chi connectivity index (χ0v) is 12.7. The highest BCUT2D eigenvalue weighted by atomic mass is 15.1. The van der Waals surface area contributed by atoms with E-state index in [-0.39, 0.29) is 0 Å². The Balaban J connectivity index is 1.73. The summed E-state index contributed by atoms with van der Waals surface area (Å²) in [6.45, 7) is 12.2. The van der Waals surface area contributed by atoms with Gasteiger partial charge in [-0.1, -0.05) is 27.2 Å². The Hall–Kier alpha value is -0.0800. The molecule has 2 nitrogen and oxygen atoms in total. The molecule has 1 heterocycles. The first-order valence-corrected chi connectivity index (χ1v) is 8.06. The minimum atomic E-state index is 0.551. The van der Waals surface area contributed by atoms with Gasteiger partial charge in [-0.3, -0.25) is 0 Å². The number of nitrogens with one attached hydrogen (secondary N) is 1. The summed E-state index contributed by atoms with van der Waals surface area (Å²) >= 11 is 0. The predicted molar refractivity (Wildman–Crippen MR) is 78.9 cm³/mol. The van der Waals surface area contributed by atoms with Gasteiger partial charge in [-0.2, -0.15) is 0 Å². The van der Waals surface area contributed by atoms with E-state index < -0.39 is 0 Å².